The van der Waals surface area contributed by atoms with Crippen molar-refractivity contribution in [1.29, 1.82) is 0 Å². The number of nitrogens with one attached hydrogen (secondary N) is 1. The quantitative estimate of drug-likeness (QED) is 0.887. The first-order valence-corrected chi connectivity index (χ1v) is 7.22. The molecule has 3 rings (SSSR count). The van der Waals surface area contributed by atoms with Crippen LogP contribution in [0.4, 0.5) is 5.95 Å². The highest BCUT2D eigenvalue weighted by Crippen LogP contribution is 2.31. The van der Waals surface area contributed by atoms with E-state index in [-0.39, 0.29) is 12.5 Å². The number of amides is 1. The minimum Gasteiger partial charge on any atom is -0.480 e. The first kappa shape index (κ1) is 15.2. The van der Waals surface area contributed by atoms with Crippen LogP contribution < -0.4 is 5.32 Å². The number of aliphatic carboxylic acids is 1. The number of rotatable bonds is 4. The molecule has 1 aromatic carbocycles. The molecule has 2 aromatic rings. The van der Waals surface area contributed by atoms with E-state index in [1.807, 2.05) is 6.07 Å². The molecule has 2 N–H and O–H groups in total. The van der Waals surface area contributed by atoms with Crippen LogP contribution in [-0.4, -0.2) is 45.4 Å². The molecule has 0 unspecified atom stereocenters. The molecule has 0 bridgehead atoms. The van der Waals surface area contributed by atoms with Crippen molar-refractivity contribution in [1.82, 2.24) is 14.9 Å². The summed E-state index contributed by atoms with van der Waals surface area (Å²) in [6, 6.07) is 5.29. The lowest BCUT2D eigenvalue weighted by atomic mass is 10.0. The molecule has 0 saturated carbocycles. The fourth-order valence-corrected chi connectivity index (χ4v) is 2.69. The monoisotopic (exact) mass is 332 g/mol. The van der Waals surface area contributed by atoms with E-state index in [9.17, 15) is 9.59 Å². The van der Waals surface area contributed by atoms with Crippen molar-refractivity contribution in [3.05, 3.63) is 40.5 Å². The van der Waals surface area contributed by atoms with E-state index in [1.165, 1.54) is 11.1 Å². The number of fused-ring (bicyclic) bond motifs is 1. The van der Waals surface area contributed by atoms with Crippen molar-refractivity contribution in [2.75, 3.05) is 18.9 Å². The second-order valence-corrected chi connectivity index (χ2v) is 5.47. The molecule has 0 saturated heterocycles. The van der Waals surface area contributed by atoms with Crippen LogP contribution in [0.25, 0.3) is 11.3 Å². The number of anilines is 1. The summed E-state index contributed by atoms with van der Waals surface area (Å²) < 4.78 is 0. The zero-order chi connectivity index (χ0) is 16.6. The summed E-state index contributed by atoms with van der Waals surface area (Å²) in [7, 11) is 1.70. The van der Waals surface area contributed by atoms with Gasteiger partial charge in [0, 0.05) is 24.7 Å². The average molecular weight is 333 g/mol. The van der Waals surface area contributed by atoms with E-state index in [2.05, 4.69) is 15.3 Å². The van der Waals surface area contributed by atoms with Gasteiger partial charge in [-0.3, -0.25) is 9.59 Å². The van der Waals surface area contributed by atoms with Gasteiger partial charge in [-0.25, -0.2) is 9.97 Å². The number of carbonyl (C=O) groups is 2. The number of halogens is 1. The van der Waals surface area contributed by atoms with Crippen LogP contribution >= 0.6 is 11.6 Å². The Labute approximate surface area is 136 Å². The average Bonchev–Trinajstić information content (AvgIpc) is 2.83. The van der Waals surface area contributed by atoms with Crippen molar-refractivity contribution in [2.45, 2.75) is 6.54 Å². The normalized spacial score (nSPS) is 13.1. The molecule has 2 heterocycles. The Kier molecular flexibility index (Phi) is 3.87. The predicted octanol–water partition coefficient (Wildman–Crippen LogP) is 1.88. The lowest BCUT2D eigenvalue weighted by Crippen LogP contribution is -2.29. The third-order valence-corrected chi connectivity index (χ3v) is 3.83. The van der Waals surface area contributed by atoms with Crippen LogP contribution in [-0.2, 0) is 11.3 Å². The van der Waals surface area contributed by atoms with E-state index in [0.717, 1.165) is 5.56 Å². The van der Waals surface area contributed by atoms with E-state index in [0.29, 0.717) is 34.3 Å². The Morgan fingerprint density at radius 3 is 2.96 bits per heavy atom. The van der Waals surface area contributed by atoms with Gasteiger partial charge < -0.3 is 15.3 Å². The Balaban J connectivity index is 1.99. The molecule has 1 aliphatic heterocycles. The molecule has 1 aliphatic rings. The third-order valence-electron chi connectivity index (χ3n) is 3.56. The van der Waals surface area contributed by atoms with Crippen molar-refractivity contribution in [2.24, 2.45) is 0 Å². The Hall–Kier alpha value is -2.67. The lowest BCUT2D eigenvalue weighted by Gasteiger charge is -2.11. The number of carboxylic acids is 1. The zero-order valence-electron chi connectivity index (χ0n) is 12.2. The van der Waals surface area contributed by atoms with Gasteiger partial charge >= 0.3 is 5.97 Å². The van der Waals surface area contributed by atoms with Gasteiger partial charge in [0.05, 0.1) is 16.9 Å². The number of carboxylic acid groups (broad SMARTS) is 1. The van der Waals surface area contributed by atoms with Crippen LogP contribution in [0.15, 0.2) is 24.4 Å². The topological polar surface area (TPSA) is 95.4 Å². The lowest BCUT2D eigenvalue weighted by molar-refractivity contribution is -0.137. The summed E-state index contributed by atoms with van der Waals surface area (Å²) in [5.41, 5.74) is 2.46. The molecule has 7 nitrogen and oxygen atoms in total. The van der Waals surface area contributed by atoms with Gasteiger partial charge in [0.1, 0.15) is 6.54 Å². The molecule has 118 valence electrons. The van der Waals surface area contributed by atoms with Gasteiger partial charge in [0.25, 0.3) is 5.91 Å². The maximum absolute atomic E-state index is 12.3. The molecule has 0 radical (unpaired) electrons. The maximum Gasteiger partial charge on any atom is 0.323 e. The highest BCUT2D eigenvalue weighted by Gasteiger charge is 2.29. The summed E-state index contributed by atoms with van der Waals surface area (Å²) in [6.07, 6.45) is 1.49. The molecule has 23 heavy (non-hydrogen) atoms. The van der Waals surface area contributed by atoms with Crippen LogP contribution in [0, 0.1) is 0 Å². The summed E-state index contributed by atoms with van der Waals surface area (Å²) in [5, 5.41) is 12.1. The second-order valence-electron chi connectivity index (χ2n) is 5.07. The first-order valence-electron chi connectivity index (χ1n) is 6.84. The Morgan fingerprint density at radius 2 is 2.26 bits per heavy atom. The van der Waals surface area contributed by atoms with Crippen molar-refractivity contribution < 1.29 is 14.7 Å². The molecule has 1 amide bonds. The number of hydrogen-bond donors (Lipinski definition) is 2. The molecule has 0 aliphatic carbocycles. The van der Waals surface area contributed by atoms with Gasteiger partial charge in [0.15, 0.2) is 0 Å². The van der Waals surface area contributed by atoms with Gasteiger partial charge in [-0.2, -0.15) is 0 Å². The van der Waals surface area contributed by atoms with Crippen molar-refractivity contribution >= 4 is 29.4 Å². The van der Waals surface area contributed by atoms with Crippen LogP contribution in [0.5, 0.6) is 0 Å². The molecule has 1 aromatic heterocycles. The largest absolute Gasteiger partial charge is 0.480 e. The molecule has 0 spiro atoms. The van der Waals surface area contributed by atoms with Crippen LogP contribution in [0.1, 0.15) is 15.9 Å². The summed E-state index contributed by atoms with van der Waals surface area (Å²) >= 11 is 6.15. The highest BCUT2D eigenvalue weighted by atomic mass is 35.5. The number of carbonyl (C=O) groups excluding carboxylic acids is 1. The van der Waals surface area contributed by atoms with Crippen molar-refractivity contribution in [3.8, 4) is 11.3 Å². The number of aromatic nitrogens is 2. The van der Waals surface area contributed by atoms with E-state index < -0.39 is 5.97 Å². The standard InChI is InChI=1S/C15H13ClN4O3/c1-17-15-18-5-11(16)13(19-15)8-2-3-9-6-20(7-12(21)22)14(23)10(9)4-8/h2-5H,6-7H2,1H3,(H,21,22)(H,17,18,19). The molecular formula is C15H13ClN4O3. The molecule has 0 atom stereocenters. The Morgan fingerprint density at radius 1 is 1.48 bits per heavy atom. The van der Waals surface area contributed by atoms with Gasteiger partial charge in [-0.1, -0.05) is 23.7 Å². The predicted molar refractivity (Wildman–Crippen MR) is 84.4 cm³/mol. The molecule has 0 fully saturated rings. The second kappa shape index (κ2) is 5.85. The number of benzene rings is 1. The zero-order valence-corrected chi connectivity index (χ0v) is 13.0. The fourth-order valence-electron chi connectivity index (χ4n) is 2.49. The Bertz CT molecular complexity index is 809. The van der Waals surface area contributed by atoms with E-state index in [4.69, 9.17) is 16.7 Å². The summed E-state index contributed by atoms with van der Waals surface area (Å²) in [5.74, 6) is -0.920. The van der Waals surface area contributed by atoms with Gasteiger partial charge in [-0.15, -0.1) is 0 Å². The number of hydrogen-bond acceptors (Lipinski definition) is 5. The third kappa shape index (κ3) is 2.83. The van der Waals surface area contributed by atoms with E-state index in [1.54, 1.807) is 19.2 Å². The van der Waals surface area contributed by atoms with Crippen LogP contribution in [0.3, 0.4) is 0 Å². The minimum absolute atomic E-state index is 0.292. The maximum atomic E-state index is 12.3. The SMILES string of the molecule is CNc1ncc(Cl)c(-c2ccc3c(c2)C(=O)N(CC(=O)O)C3)n1. The number of nitrogens with zero attached hydrogens (tertiary/aromatic N) is 3. The van der Waals surface area contributed by atoms with E-state index >= 15 is 0 Å². The van der Waals surface area contributed by atoms with Gasteiger partial charge in [-0.05, 0) is 11.6 Å². The molecule has 8 heteroatoms. The first-order chi connectivity index (χ1) is 11.0. The fraction of sp³-hybridized carbons (Fsp3) is 0.200. The highest BCUT2D eigenvalue weighted by molar-refractivity contribution is 6.33. The van der Waals surface area contributed by atoms with Crippen LogP contribution in [0.2, 0.25) is 5.02 Å². The minimum atomic E-state index is -1.04. The summed E-state index contributed by atoms with van der Waals surface area (Å²) in [4.78, 5) is 32.7. The van der Waals surface area contributed by atoms with Crippen molar-refractivity contribution in [3.63, 3.8) is 0 Å². The molecular weight excluding hydrogens is 320 g/mol. The van der Waals surface area contributed by atoms with Gasteiger partial charge in [0.2, 0.25) is 5.95 Å². The summed E-state index contributed by atoms with van der Waals surface area (Å²) in [6.45, 7) is -0.0268. The smallest absolute Gasteiger partial charge is 0.323 e.